The number of carbonyl (C=O) groups is 1. The molecule has 0 unspecified atom stereocenters. The van der Waals surface area contributed by atoms with E-state index in [0.29, 0.717) is 5.16 Å². The van der Waals surface area contributed by atoms with Crippen LogP contribution in [0.5, 0.6) is 0 Å². The number of amides is 1. The lowest BCUT2D eigenvalue weighted by molar-refractivity contribution is -0.119. The third kappa shape index (κ3) is 4.05. The fraction of sp³-hybridized carbons (Fsp3) is 0.385. The average molecular weight is 388 g/mol. The Labute approximate surface area is 147 Å². The van der Waals surface area contributed by atoms with Gasteiger partial charge in [-0.1, -0.05) is 30.0 Å². The molecular formula is C13H14ClN5O3S2. The predicted octanol–water partition coefficient (Wildman–Crippen LogP) is 0.275. The Hall–Kier alpha value is -1.65. The number of carbonyl (C=O) groups excluding carboxylic acids is 1. The topological polar surface area (TPSA) is 107 Å². The third-order valence-electron chi connectivity index (χ3n) is 3.40. The van der Waals surface area contributed by atoms with Gasteiger partial charge in [-0.25, -0.2) is 8.42 Å². The Balaban J connectivity index is 1.59. The first kappa shape index (κ1) is 17.2. The number of nitrogens with zero attached hydrogens (tertiary/aromatic N) is 4. The van der Waals surface area contributed by atoms with Crippen molar-refractivity contribution in [3.8, 4) is 5.69 Å². The van der Waals surface area contributed by atoms with Gasteiger partial charge in [0.15, 0.2) is 9.84 Å². The Morgan fingerprint density at radius 2 is 2.08 bits per heavy atom. The number of nitrogens with one attached hydrogen (secondary N) is 1. The van der Waals surface area contributed by atoms with Crippen LogP contribution in [0, 0.1) is 0 Å². The molecule has 1 aliphatic heterocycles. The number of benzene rings is 1. The molecule has 0 radical (unpaired) electrons. The first-order valence-corrected chi connectivity index (χ1v) is 10.3. The summed E-state index contributed by atoms with van der Waals surface area (Å²) in [6.07, 6.45) is 0. The number of para-hydroxylation sites is 1. The van der Waals surface area contributed by atoms with Crippen LogP contribution >= 0.6 is 23.4 Å². The molecular weight excluding hydrogens is 374 g/mol. The molecule has 0 spiro atoms. The standard InChI is InChI=1S/C13H14ClN5O3S2/c14-10-7-24(21,22)8-11(10)15-12(20)6-23-13-16-17-18-19(13)9-4-2-1-3-5-9/h1-5,10-11H,6-8H2,(H,15,20)/t10-,11-/m0/s1. The fourth-order valence-electron chi connectivity index (χ4n) is 2.32. The van der Waals surface area contributed by atoms with Gasteiger partial charge in [0, 0.05) is 0 Å². The van der Waals surface area contributed by atoms with E-state index in [4.69, 9.17) is 11.6 Å². The maximum atomic E-state index is 12.0. The molecule has 11 heteroatoms. The Kier molecular flexibility index (Phi) is 5.07. The SMILES string of the molecule is O=C(CSc1nnnn1-c1ccccc1)N[C@H]1CS(=O)(=O)C[C@@H]1Cl. The smallest absolute Gasteiger partial charge is 0.230 e. The zero-order valence-electron chi connectivity index (χ0n) is 12.4. The quantitative estimate of drug-likeness (QED) is 0.579. The monoisotopic (exact) mass is 387 g/mol. The van der Waals surface area contributed by atoms with Crippen LogP contribution in [-0.2, 0) is 14.6 Å². The summed E-state index contributed by atoms with van der Waals surface area (Å²) in [6, 6.07) is 8.74. The van der Waals surface area contributed by atoms with Crippen molar-refractivity contribution in [2.45, 2.75) is 16.6 Å². The van der Waals surface area contributed by atoms with Crippen molar-refractivity contribution in [2.75, 3.05) is 17.3 Å². The second kappa shape index (κ2) is 7.08. The summed E-state index contributed by atoms with van der Waals surface area (Å²) >= 11 is 7.14. The highest BCUT2D eigenvalue weighted by Crippen LogP contribution is 2.20. The van der Waals surface area contributed by atoms with E-state index in [2.05, 4.69) is 20.8 Å². The first-order chi connectivity index (χ1) is 11.4. The molecule has 1 amide bonds. The van der Waals surface area contributed by atoms with E-state index in [1.54, 1.807) is 0 Å². The summed E-state index contributed by atoms with van der Waals surface area (Å²) in [6.45, 7) is 0. The summed E-state index contributed by atoms with van der Waals surface area (Å²) in [5.74, 6) is -0.485. The normalized spacial score (nSPS) is 22.4. The van der Waals surface area contributed by atoms with Crippen LogP contribution in [0.25, 0.3) is 5.69 Å². The van der Waals surface area contributed by atoms with Gasteiger partial charge in [0.25, 0.3) is 0 Å². The molecule has 1 aliphatic rings. The zero-order valence-corrected chi connectivity index (χ0v) is 14.8. The van der Waals surface area contributed by atoms with Gasteiger partial charge < -0.3 is 5.32 Å². The molecule has 8 nitrogen and oxygen atoms in total. The predicted molar refractivity (Wildman–Crippen MR) is 90.1 cm³/mol. The van der Waals surface area contributed by atoms with Gasteiger partial charge in [-0.3, -0.25) is 4.79 Å². The molecule has 3 rings (SSSR count). The minimum absolute atomic E-state index is 0.0629. The lowest BCUT2D eigenvalue weighted by Crippen LogP contribution is -2.41. The lowest BCUT2D eigenvalue weighted by Gasteiger charge is -2.13. The van der Waals surface area contributed by atoms with E-state index >= 15 is 0 Å². The zero-order chi connectivity index (χ0) is 17.2. The summed E-state index contributed by atoms with van der Waals surface area (Å²) in [5, 5.41) is 13.9. The molecule has 24 heavy (non-hydrogen) atoms. The van der Waals surface area contributed by atoms with Crippen LogP contribution in [-0.4, -0.2) is 63.2 Å². The molecule has 1 fully saturated rings. The first-order valence-electron chi connectivity index (χ1n) is 7.05. The number of hydrogen-bond acceptors (Lipinski definition) is 7. The van der Waals surface area contributed by atoms with Gasteiger partial charge in [0.1, 0.15) is 0 Å². The second-order valence-corrected chi connectivity index (χ2v) is 8.92. The number of rotatable bonds is 5. The number of aromatic nitrogens is 4. The molecule has 1 saturated heterocycles. The highest BCUT2D eigenvalue weighted by atomic mass is 35.5. The number of thioether (sulfide) groups is 1. The lowest BCUT2D eigenvalue weighted by atomic mass is 10.2. The maximum absolute atomic E-state index is 12.0. The van der Waals surface area contributed by atoms with Crippen molar-refractivity contribution in [1.29, 1.82) is 0 Å². The molecule has 1 aromatic carbocycles. The van der Waals surface area contributed by atoms with Crippen LogP contribution in [0.15, 0.2) is 35.5 Å². The van der Waals surface area contributed by atoms with Crippen LogP contribution < -0.4 is 5.32 Å². The van der Waals surface area contributed by atoms with Crippen LogP contribution in [0.1, 0.15) is 0 Å². The van der Waals surface area contributed by atoms with Crippen molar-refractivity contribution >= 4 is 39.1 Å². The summed E-state index contributed by atoms with van der Waals surface area (Å²) < 4.78 is 24.5. The molecule has 0 bridgehead atoms. The van der Waals surface area contributed by atoms with Crippen molar-refractivity contribution < 1.29 is 13.2 Å². The molecule has 0 aliphatic carbocycles. The molecule has 1 N–H and O–H groups in total. The largest absolute Gasteiger partial charge is 0.350 e. The molecule has 128 valence electrons. The fourth-order valence-corrected chi connectivity index (χ4v) is 5.57. The minimum atomic E-state index is -3.18. The van der Waals surface area contributed by atoms with E-state index in [0.717, 1.165) is 17.4 Å². The van der Waals surface area contributed by atoms with Crippen LogP contribution in [0.4, 0.5) is 0 Å². The number of tetrazole rings is 1. The van der Waals surface area contributed by atoms with Gasteiger partial charge in [-0.05, 0) is 22.6 Å². The number of halogens is 1. The van der Waals surface area contributed by atoms with Crippen molar-refractivity contribution in [2.24, 2.45) is 0 Å². The number of sulfone groups is 1. The maximum Gasteiger partial charge on any atom is 0.230 e. The Morgan fingerprint density at radius 1 is 1.33 bits per heavy atom. The van der Waals surface area contributed by atoms with E-state index in [1.807, 2.05) is 30.3 Å². The molecule has 0 saturated carbocycles. The van der Waals surface area contributed by atoms with E-state index in [9.17, 15) is 13.2 Å². The van der Waals surface area contributed by atoms with E-state index < -0.39 is 21.3 Å². The second-order valence-electron chi connectivity index (χ2n) is 5.26. The number of hydrogen-bond donors (Lipinski definition) is 1. The van der Waals surface area contributed by atoms with Gasteiger partial charge >= 0.3 is 0 Å². The average Bonchev–Trinajstić information content (AvgIpc) is 3.10. The molecule has 2 atom stereocenters. The van der Waals surface area contributed by atoms with Gasteiger partial charge in [0.05, 0.1) is 34.4 Å². The van der Waals surface area contributed by atoms with Gasteiger partial charge in [0.2, 0.25) is 11.1 Å². The van der Waals surface area contributed by atoms with E-state index in [1.165, 1.54) is 4.68 Å². The minimum Gasteiger partial charge on any atom is -0.350 e. The highest BCUT2D eigenvalue weighted by molar-refractivity contribution is 7.99. The highest BCUT2D eigenvalue weighted by Gasteiger charge is 2.37. The van der Waals surface area contributed by atoms with E-state index in [-0.39, 0.29) is 23.2 Å². The van der Waals surface area contributed by atoms with Crippen LogP contribution in [0.2, 0.25) is 0 Å². The van der Waals surface area contributed by atoms with Crippen LogP contribution in [0.3, 0.4) is 0 Å². The summed E-state index contributed by atoms with van der Waals surface area (Å²) in [4.78, 5) is 12.0. The molecule has 1 aromatic heterocycles. The summed E-state index contributed by atoms with van der Waals surface area (Å²) in [5.41, 5.74) is 0.785. The molecule has 2 heterocycles. The Bertz CT molecular complexity index is 827. The van der Waals surface area contributed by atoms with Gasteiger partial charge in [-0.15, -0.1) is 16.7 Å². The third-order valence-corrected chi connectivity index (χ3v) is 6.70. The summed E-state index contributed by atoms with van der Waals surface area (Å²) in [7, 11) is -3.18. The number of alkyl halides is 1. The van der Waals surface area contributed by atoms with Gasteiger partial charge in [-0.2, -0.15) is 4.68 Å². The Morgan fingerprint density at radius 3 is 2.75 bits per heavy atom. The van der Waals surface area contributed by atoms with Crippen molar-refractivity contribution in [3.05, 3.63) is 30.3 Å². The van der Waals surface area contributed by atoms with Crippen molar-refractivity contribution in [1.82, 2.24) is 25.5 Å². The van der Waals surface area contributed by atoms with Crippen molar-refractivity contribution in [3.63, 3.8) is 0 Å². The molecule has 2 aromatic rings.